The van der Waals surface area contributed by atoms with Crippen LogP contribution >= 0.6 is 0 Å². The summed E-state index contributed by atoms with van der Waals surface area (Å²) in [6.07, 6.45) is 1.13. The molecule has 78 valence electrons. The summed E-state index contributed by atoms with van der Waals surface area (Å²) in [5, 5.41) is 3.13. The molecule has 0 heterocycles. The third-order valence-electron chi connectivity index (χ3n) is 1.27. The molecule has 0 rings (SSSR count). The molecule has 0 aliphatic rings. The van der Waals surface area contributed by atoms with Crippen LogP contribution in [0.3, 0.4) is 0 Å². The number of likely N-dealkylation sites (N-methyl/N-ethyl adjacent to an activating group) is 1. The number of hydrogen-bond donors (Lipinski definition) is 1. The van der Waals surface area contributed by atoms with Crippen LogP contribution in [0.25, 0.3) is 0 Å². The zero-order chi connectivity index (χ0) is 10.4. The second-order valence-electron chi connectivity index (χ2n) is 1.85. The molecule has 2 heteroatoms. The van der Waals surface area contributed by atoms with E-state index in [-0.39, 0.29) is 0 Å². The summed E-state index contributed by atoms with van der Waals surface area (Å²) < 4.78 is 4.92. The van der Waals surface area contributed by atoms with E-state index in [2.05, 4.69) is 12.2 Å². The SMILES string of the molecule is CC.CC.CCC(COC)NC. The average molecular weight is 177 g/mol. The maximum Gasteiger partial charge on any atom is 0.0615 e. The highest BCUT2D eigenvalue weighted by atomic mass is 16.5. The van der Waals surface area contributed by atoms with Crippen molar-refractivity contribution in [1.82, 2.24) is 5.32 Å². The molecule has 0 spiro atoms. The first-order valence-electron chi connectivity index (χ1n) is 5.01. The van der Waals surface area contributed by atoms with E-state index in [0.717, 1.165) is 13.0 Å². The molecule has 2 nitrogen and oxygen atoms in total. The quantitative estimate of drug-likeness (QED) is 0.713. The Morgan fingerprint density at radius 1 is 1.17 bits per heavy atom. The van der Waals surface area contributed by atoms with Crippen LogP contribution in [-0.4, -0.2) is 26.8 Å². The van der Waals surface area contributed by atoms with Gasteiger partial charge in [-0.25, -0.2) is 0 Å². The summed E-state index contributed by atoms with van der Waals surface area (Å²) in [4.78, 5) is 0. The molecule has 1 N–H and O–H groups in total. The summed E-state index contributed by atoms with van der Waals surface area (Å²) in [7, 11) is 3.67. The molecule has 1 atom stereocenters. The lowest BCUT2D eigenvalue weighted by molar-refractivity contribution is 0.168. The Morgan fingerprint density at radius 2 is 1.58 bits per heavy atom. The molecule has 0 aromatic heterocycles. The lowest BCUT2D eigenvalue weighted by Gasteiger charge is -2.10. The van der Waals surface area contributed by atoms with Crippen molar-refractivity contribution in [1.29, 1.82) is 0 Å². The first-order valence-corrected chi connectivity index (χ1v) is 5.01. The molecular formula is C10H27NO. The molecule has 0 aliphatic carbocycles. The topological polar surface area (TPSA) is 21.3 Å². The van der Waals surface area contributed by atoms with Gasteiger partial charge in [0.05, 0.1) is 6.61 Å². The summed E-state index contributed by atoms with van der Waals surface area (Å²) in [6.45, 7) is 11.0. The molecule has 0 saturated heterocycles. The Hall–Kier alpha value is -0.0800. The summed E-state index contributed by atoms with van der Waals surface area (Å²) in [5.41, 5.74) is 0. The number of rotatable bonds is 4. The first-order chi connectivity index (χ1) is 5.85. The third-order valence-corrected chi connectivity index (χ3v) is 1.27. The predicted molar refractivity (Wildman–Crippen MR) is 57.7 cm³/mol. The van der Waals surface area contributed by atoms with Crippen LogP contribution in [0.5, 0.6) is 0 Å². The van der Waals surface area contributed by atoms with E-state index in [1.54, 1.807) is 7.11 Å². The highest BCUT2D eigenvalue weighted by molar-refractivity contribution is 4.58. The molecule has 0 bridgehead atoms. The van der Waals surface area contributed by atoms with Crippen molar-refractivity contribution in [3.8, 4) is 0 Å². The van der Waals surface area contributed by atoms with Crippen LogP contribution < -0.4 is 5.32 Å². The van der Waals surface area contributed by atoms with Gasteiger partial charge in [0.15, 0.2) is 0 Å². The van der Waals surface area contributed by atoms with Gasteiger partial charge in [-0.05, 0) is 13.5 Å². The standard InChI is InChI=1S/C6H15NO.2C2H6/c1-4-6(7-2)5-8-3;2*1-2/h6-7H,4-5H2,1-3H3;2*1-2H3. The van der Waals surface area contributed by atoms with Gasteiger partial charge < -0.3 is 10.1 Å². The summed E-state index contributed by atoms with van der Waals surface area (Å²) in [5.74, 6) is 0. The van der Waals surface area contributed by atoms with Crippen molar-refractivity contribution in [3.05, 3.63) is 0 Å². The van der Waals surface area contributed by atoms with Crippen LogP contribution in [0.15, 0.2) is 0 Å². The Balaban J connectivity index is -0.000000175. The molecule has 0 aliphatic heterocycles. The van der Waals surface area contributed by atoms with Gasteiger partial charge in [-0.2, -0.15) is 0 Å². The average Bonchev–Trinajstić information content (AvgIpc) is 2.20. The highest BCUT2D eigenvalue weighted by Crippen LogP contribution is 1.87. The number of methoxy groups -OCH3 is 1. The second kappa shape index (κ2) is 22.4. The molecule has 1 unspecified atom stereocenters. The van der Waals surface area contributed by atoms with Gasteiger partial charge in [0.1, 0.15) is 0 Å². The van der Waals surface area contributed by atoms with E-state index in [9.17, 15) is 0 Å². The zero-order valence-electron chi connectivity index (χ0n) is 9.90. The lowest BCUT2D eigenvalue weighted by atomic mass is 10.2. The first kappa shape index (κ1) is 17.9. The van der Waals surface area contributed by atoms with E-state index in [1.165, 1.54) is 0 Å². The van der Waals surface area contributed by atoms with Gasteiger partial charge in [0.25, 0.3) is 0 Å². The fraction of sp³-hybridized carbons (Fsp3) is 1.00. The molecule has 12 heavy (non-hydrogen) atoms. The van der Waals surface area contributed by atoms with Crippen molar-refractivity contribution in [3.63, 3.8) is 0 Å². The van der Waals surface area contributed by atoms with Gasteiger partial charge in [-0.15, -0.1) is 0 Å². The smallest absolute Gasteiger partial charge is 0.0615 e. The fourth-order valence-electron chi connectivity index (χ4n) is 0.606. The molecule has 0 fully saturated rings. The normalized spacial score (nSPS) is 10.2. The minimum absolute atomic E-state index is 0.528. The Labute approximate surface area is 78.7 Å². The number of nitrogens with one attached hydrogen (secondary N) is 1. The van der Waals surface area contributed by atoms with Crippen molar-refractivity contribution in [2.24, 2.45) is 0 Å². The Kier molecular flexibility index (Phi) is 33.4. The van der Waals surface area contributed by atoms with Crippen LogP contribution in [-0.2, 0) is 4.74 Å². The van der Waals surface area contributed by atoms with Crippen molar-refractivity contribution < 1.29 is 4.74 Å². The number of ether oxygens (including phenoxy) is 1. The van der Waals surface area contributed by atoms with Crippen molar-refractivity contribution in [2.75, 3.05) is 20.8 Å². The van der Waals surface area contributed by atoms with E-state index >= 15 is 0 Å². The zero-order valence-corrected chi connectivity index (χ0v) is 9.90. The highest BCUT2D eigenvalue weighted by Gasteiger charge is 1.98. The van der Waals surface area contributed by atoms with E-state index < -0.39 is 0 Å². The maximum absolute atomic E-state index is 4.92. The monoisotopic (exact) mass is 177 g/mol. The fourth-order valence-corrected chi connectivity index (χ4v) is 0.606. The third kappa shape index (κ3) is 16.5. The summed E-state index contributed by atoms with van der Waals surface area (Å²) >= 11 is 0. The molecular weight excluding hydrogens is 150 g/mol. The lowest BCUT2D eigenvalue weighted by Crippen LogP contribution is -2.28. The van der Waals surface area contributed by atoms with Crippen LogP contribution in [0, 0.1) is 0 Å². The van der Waals surface area contributed by atoms with Gasteiger partial charge in [0, 0.05) is 13.2 Å². The van der Waals surface area contributed by atoms with Crippen LogP contribution in [0.2, 0.25) is 0 Å². The van der Waals surface area contributed by atoms with Gasteiger partial charge in [-0.1, -0.05) is 34.6 Å². The molecule has 0 amide bonds. The summed E-state index contributed by atoms with van der Waals surface area (Å²) in [6, 6.07) is 0.528. The predicted octanol–water partition coefficient (Wildman–Crippen LogP) is 2.68. The van der Waals surface area contributed by atoms with Crippen LogP contribution in [0.1, 0.15) is 41.0 Å². The molecule has 0 aromatic carbocycles. The van der Waals surface area contributed by atoms with Crippen molar-refractivity contribution >= 4 is 0 Å². The van der Waals surface area contributed by atoms with Gasteiger partial charge in [-0.3, -0.25) is 0 Å². The van der Waals surface area contributed by atoms with E-state index in [1.807, 2.05) is 34.7 Å². The maximum atomic E-state index is 4.92. The molecule has 0 radical (unpaired) electrons. The van der Waals surface area contributed by atoms with E-state index in [0.29, 0.717) is 6.04 Å². The van der Waals surface area contributed by atoms with Gasteiger partial charge in [0.2, 0.25) is 0 Å². The molecule has 0 aromatic rings. The Morgan fingerprint density at radius 3 is 1.67 bits per heavy atom. The largest absolute Gasteiger partial charge is 0.383 e. The minimum Gasteiger partial charge on any atom is -0.383 e. The van der Waals surface area contributed by atoms with E-state index in [4.69, 9.17) is 4.74 Å². The Bertz CT molecular complexity index is 45.1. The molecule has 0 saturated carbocycles. The van der Waals surface area contributed by atoms with Crippen LogP contribution in [0.4, 0.5) is 0 Å². The second-order valence-corrected chi connectivity index (χ2v) is 1.85. The minimum atomic E-state index is 0.528. The van der Waals surface area contributed by atoms with Crippen molar-refractivity contribution in [2.45, 2.75) is 47.1 Å². The van der Waals surface area contributed by atoms with Gasteiger partial charge >= 0.3 is 0 Å². The number of hydrogen-bond acceptors (Lipinski definition) is 2.